The minimum atomic E-state index is -0.238. The molecule has 2 atom stereocenters. The van der Waals surface area contributed by atoms with Crippen molar-refractivity contribution in [1.82, 2.24) is 0 Å². The lowest BCUT2D eigenvalue weighted by Crippen LogP contribution is -2.33. The third kappa shape index (κ3) is 1.77. The number of hydrogen-bond acceptors (Lipinski definition) is 3. The average Bonchev–Trinajstić information content (AvgIpc) is 2.71. The van der Waals surface area contributed by atoms with Gasteiger partial charge in [-0.3, -0.25) is 10.2 Å². The van der Waals surface area contributed by atoms with Crippen LogP contribution in [0.1, 0.15) is 33.6 Å². The van der Waals surface area contributed by atoms with Crippen LogP contribution >= 0.6 is 15.9 Å². The summed E-state index contributed by atoms with van der Waals surface area (Å²) in [6.07, 6.45) is 2.05. The van der Waals surface area contributed by atoms with Gasteiger partial charge in [0.05, 0.1) is 5.69 Å². The van der Waals surface area contributed by atoms with Crippen LogP contribution in [-0.4, -0.2) is 11.5 Å². The Morgan fingerprint density at radius 3 is 2.45 bits per heavy atom. The monoisotopic (exact) mass is 334 g/mol. The summed E-state index contributed by atoms with van der Waals surface area (Å²) < 4.78 is 1.03. The zero-order valence-corrected chi connectivity index (χ0v) is 13.6. The van der Waals surface area contributed by atoms with Crippen molar-refractivity contribution >= 4 is 33.1 Å². The molecule has 2 saturated carbocycles. The smallest absolute Gasteiger partial charge is 0.185 e. The van der Waals surface area contributed by atoms with Crippen LogP contribution in [0.25, 0.3) is 0 Å². The van der Waals surface area contributed by atoms with Gasteiger partial charge in [-0.05, 0) is 42.5 Å². The molecule has 3 nitrogen and oxygen atoms in total. The van der Waals surface area contributed by atoms with Crippen LogP contribution in [0.5, 0.6) is 0 Å². The average molecular weight is 335 g/mol. The number of halogens is 1. The number of hydrogen-bond donors (Lipinski definition) is 1. The van der Waals surface area contributed by atoms with Crippen LogP contribution in [0.4, 0.5) is 5.69 Å². The zero-order valence-electron chi connectivity index (χ0n) is 12.0. The third-order valence-corrected chi connectivity index (χ3v) is 5.97. The number of nitrogens with one attached hydrogen (secondary N) is 1. The van der Waals surface area contributed by atoms with Crippen LogP contribution in [0.2, 0.25) is 0 Å². The van der Waals surface area contributed by atoms with Gasteiger partial charge in [0.2, 0.25) is 0 Å². The van der Waals surface area contributed by atoms with Gasteiger partial charge in [0.1, 0.15) is 5.71 Å². The zero-order chi connectivity index (χ0) is 14.5. The highest BCUT2D eigenvalue weighted by Gasteiger charge is 2.65. The van der Waals surface area contributed by atoms with Gasteiger partial charge in [0.25, 0.3) is 0 Å². The molecule has 106 valence electrons. The molecular formula is C16H19BrN2O. The van der Waals surface area contributed by atoms with Gasteiger partial charge in [-0.15, -0.1) is 0 Å². The van der Waals surface area contributed by atoms with E-state index in [-0.39, 0.29) is 22.5 Å². The molecular weight excluding hydrogens is 316 g/mol. The van der Waals surface area contributed by atoms with E-state index in [2.05, 4.69) is 47.2 Å². The Balaban J connectivity index is 1.87. The van der Waals surface area contributed by atoms with Gasteiger partial charge in [-0.2, -0.15) is 5.10 Å². The van der Waals surface area contributed by atoms with Gasteiger partial charge in [-0.1, -0.05) is 36.7 Å². The van der Waals surface area contributed by atoms with Crippen LogP contribution in [0, 0.1) is 16.7 Å². The highest BCUT2D eigenvalue weighted by atomic mass is 79.9. The van der Waals surface area contributed by atoms with Crippen molar-refractivity contribution in [3.8, 4) is 0 Å². The fourth-order valence-electron chi connectivity index (χ4n) is 3.60. The first-order valence-electron chi connectivity index (χ1n) is 7.00. The van der Waals surface area contributed by atoms with Gasteiger partial charge in [-0.25, -0.2) is 0 Å². The predicted octanol–water partition coefficient (Wildman–Crippen LogP) is 4.24. The van der Waals surface area contributed by atoms with E-state index in [1.807, 2.05) is 24.3 Å². The number of fused-ring (bicyclic) bond motifs is 2. The van der Waals surface area contributed by atoms with E-state index < -0.39 is 0 Å². The van der Waals surface area contributed by atoms with E-state index in [9.17, 15) is 4.79 Å². The molecule has 0 saturated heterocycles. The number of nitrogens with zero attached hydrogens (tertiary/aromatic N) is 1. The van der Waals surface area contributed by atoms with Gasteiger partial charge in [0.15, 0.2) is 5.78 Å². The molecule has 2 aliphatic carbocycles. The molecule has 0 amide bonds. The van der Waals surface area contributed by atoms with E-state index in [0.717, 1.165) is 28.7 Å². The molecule has 20 heavy (non-hydrogen) atoms. The minimum Gasteiger partial charge on any atom is -0.292 e. The molecule has 0 spiro atoms. The summed E-state index contributed by atoms with van der Waals surface area (Å²) in [6, 6.07) is 7.80. The number of carbonyl (C=O) groups is 1. The fraction of sp³-hybridized carbons (Fsp3) is 0.500. The lowest BCUT2D eigenvalue weighted by molar-refractivity contribution is -0.123. The summed E-state index contributed by atoms with van der Waals surface area (Å²) in [5.41, 5.74) is 4.44. The topological polar surface area (TPSA) is 41.5 Å². The lowest BCUT2D eigenvalue weighted by Gasteiger charge is -2.31. The first kappa shape index (κ1) is 13.8. The third-order valence-electron chi connectivity index (χ3n) is 5.44. The van der Waals surface area contributed by atoms with E-state index in [1.165, 1.54) is 0 Å². The van der Waals surface area contributed by atoms with E-state index >= 15 is 0 Å². The molecule has 1 N–H and O–H groups in total. The van der Waals surface area contributed by atoms with Gasteiger partial charge < -0.3 is 0 Å². The number of hydrazone groups is 1. The van der Waals surface area contributed by atoms with Crippen LogP contribution in [0.3, 0.4) is 0 Å². The Bertz CT molecular complexity index is 591. The second-order valence-corrected chi connectivity index (χ2v) is 7.51. The first-order valence-corrected chi connectivity index (χ1v) is 7.79. The summed E-state index contributed by atoms with van der Waals surface area (Å²) in [7, 11) is 0. The second-order valence-electron chi connectivity index (χ2n) is 6.59. The number of Topliss-reactive ketones (excluding diaryl/α,β-unsaturated/α-hetero) is 1. The maximum atomic E-state index is 12.6. The first-order chi connectivity index (χ1) is 9.36. The van der Waals surface area contributed by atoms with Crippen molar-refractivity contribution in [2.24, 2.45) is 21.8 Å². The van der Waals surface area contributed by atoms with E-state index in [4.69, 9.17) is 0 Å². The summed E-state index contributed by atoms with van der Waals surface area (Å²) in [5, 5.41) is 4.43. The van der Waals surface area contributed by atoms with E-state index in [0.29, 0.717) is 0 Å². The highest BCUT2D eigenvalue weighted by molar-refractivity contribution is 9.10. The summed E-state index contributed by atoms with van der Waals surface area (Å²) in [4.78, 5) is 12.6. The summed E-state index contributed by atoms with van der Waals surface area (Å²) >= 11 is 3.40. The Hall–Kier alpha value is -1.16. The number of anilines is 1. The molecule has 2 unspecified atom stereocenters. The van der Waals surface area contributed by atoms with Gasteiger partial charge in [0, 0.05) is 15.8 Å². The lowest BCUT2D eigenvalue weighted by atomic mass is 9.70. The van der Waals surface area contributed by atoms with Gasteiger partial charge >= 0.3 is 0 Å². The van der Waals surface area contributed by atoms with Crippen LogP contribution in [-0.2, 0) is 4.79 Å². The maximum absolute atomic E-state index is 12.6. The van der Waals surface area contributed by atoms with Crippen molar-refractivity contribution in [1.29, 1.82) is 0 Å². The number of rotatable bonds is 2. The molecule has 0 heterocycles. The van der Waals surface area contributed by atoms with Crippen molar-refractivity contribution in [3.63, 3.8) is 0 Å². The van der Waals surface area contributed by atoms with Crippen molar-refractivity contribution < 1.29 is 4.79 Å². The maximum Gasteiger partial charge on any atom is 0.185 e. The Labute approximate surface area is 128 Å². The highest BCUT2D eigenvalue weighted by Crippen LogP contribution is 2.62. The molecule has 1 aromatic carbocycles. The van der Waals surface area contributed by atoms with Crippen LogP contribution in [0.15, 0.2) is 33.8 Å². The van der Waals surface area contributed by atoms with Crippen molar-refractivity contribution in [2.45, 2.75) is 33.6 Å². The normalized spacial score (nSPS) is 32.9. The standard InChI is InChI=1S/C16H19BrN2O/c1-15(2)12-8-9-16(15,3)14(20)13(12)19-18-11-6-4-10(17)5-7-11/h4-7,12,18H,8-9H2,1-3H3/b19-13+. The Morgan fingerprint density at radius 1 is 1.25 bits per heavy atom. The molecule has 2 aliphatic rings. The second kappa shape index (κ2) is 4.42. The Kier molecular flexibility index (Phi) is 3.05. The predicted molar refractivity (Wildman–Crippen MR) is 84.8 cm³/mol. The molecule has 4 heteroatoms. The number of ketones is 1. The molecule has 0 radical (unpaired) electrons. The summed E-state index contributed by atoms with van der Waals surface area (Å²) in [5.74, 6) is 0.506. The SMILES string of the molecule is CC12CCC(/C(=N\Nc3ccc(Br)cc3)C1=O)C2(C)C. The molecule has 2 bridgehead atoms. The van der Waals surface area contributed by atoms with Crippen molar-refractivity contribution in [2.75, 3.05) is 5.43 Å². The Morgan fingerprint density at radius 2 is 1.90 bits per heavy atom. The molecule has 2 fully saturated rings. The number of carbonyl (C=O) groups excluding carboxylic acids is 1. The van der Waals surface area contributed by atoms with Crippen molar-refractivity contribution in [3.05, 3.63) is 28.7 Å². The summed E-state index contributed by atoms with van der Waals surface area (Å²) in [6.45, 7) is 6.49. The quantitative estimate of drug-likeness (QED) is 0.821. The molecule has 3 rings (SSSR count). The van der Waals surface area contributed by atoms with E-state index in [1.54, 1.807) is 0 Å². The molecule has 1 aromatic rings. The molecule has 0 aliphatic heterocycles. The number of benzene rings is 1. The fourth-order valence-corrected chi connectivity index (χ4v) is 3.87. The molecule has 0 aromatic heterocycles. The van der Waals surface area contributed by atoms with Crippen LogP contribution < -0.4 is 5.43 Å². The minimum absolute atomic E-state index is 0.0182. The largest absolute Gasteiger partial charge is 0.292 e.